The van der Waals surface area contributed by atoms with Crippen molar-refractivity contribution in [3.05, 3.63) is 172 Å². The van der Waals surface area contributed by atoms with Crippen LogP contribution in [0.4, 0.5) is 0 Å². The molecule has 0 aromatic heterocycles. The van der Waals surface area contributed by atoms with Gasteiger partial charge in [0.25, 0.3) is 0 Å². The minimum atomic E-state index is 0.348. The Morgan fingerprint density at radius 1 is 0.650 bits per heavy atom. The average molecular weight is 513 g/mol. The molecule has 4 aliphatic rings. The van der Waals surface area contributed by atoms with E-state index in [1.54, 1.807) is 5.57 Å². The van der Waals surface area contributed by atoms with E-state index in [2.05, 4.69) is 134 Å². The summed E-state index contributed by atoms with van der Waals surface area (Å²) in [7, 11) is 0. The van der Waals surface area contributed by atoms with E-state index in [0.717, 1.165) is 19.3 Å². The van der Waals surface area contributed by atoms with Gasteiger partial charge >= 0.3 is 0 Å². The molecule has 0 bridgehead atoms. The molecule has 0 saturated heterocycles. The van der Waals surface area contributed by atoms with E-state index in [4.69, 9.17) is 0 Å². The smallest absolute Gasteiger partial charge is 0.0110 e. The first-order valence-electron chi connectivity index (χ1n) is 14.7. The zero-order chi connectivity index (χ0) is 26.5. The number of benzene rings is 4. The van der Waals surface area contributed by atoms with Crippen LogP contribution in [0.25, 0.3) is 27.5 Å². The van der Waals surface area contributed by atoms with Crippen molar-refractivity contribution in [2.24, 2.45) is 11.8 Å². The molecule has 2 atom stereocenters. The summed E-state index contributed by atoms with van der Waals surface area (Å²) in [6.45, 7) is 0. The van der Waals surface area contributed by atoms with E-state index in [0.29, 0.717) is 11.8 Å². The largest absolute Gasteiger partial charge is 0.0836 e. The Kier molecular flexibility index (Phi) is 5.66. The van der Waals surface area contributed by atoms with Gasteiger partial charge in [0.1, 0.15) is 0 Å². The van der Waals surface area contributed by atoms with Gasteiger partial charge in [-0.1, -0.05) is 127 Å². The molecule has 4 aromatic carbocycles. The third-order valence-corrected chi connectivity index (χ3v) is 9.26. The van der Waals surface area contributed by atoms with Crippen LogP contribution in [0.3, 0.4) is 0 Å². The fraction of sp³-hybridized carbons (Fsp3) is 0.150. The number of fused-ring (bicyclic) bond motifs is 4. The summed E-state index contributed by atoms with van der Waals surface area (Å²) in [6.07, 6.45) is 19.1. The molecule has 0 N–H and O–H groups in total. The van der Waals surface area contributed by atoms with Gasteiger partial charge in [-0.05, 0) is 97.5 Å². The molecule has 4 aliphatic carbocycles. The van der Waals surface area contributed by atoms with E-state index in [9.17, 15) is 0 Å². The quantitative estimate of drug-likeness (QED) is 0.258. The van der Waals surface area contributed by atoms with Gasteiger partial charge in [0.2, 0.25) is 0 Å². The fourth-order valence-corrected chi connectivity index (χ4v) is 7.38. The van der Waals surface area contributed by atoms with Crippen LogP contribution in [0, 0.1) is 11.8 Å². The summed E-state index contributed by atoms with van der Waals surface area (Å²) in [5.74, 6) is 0.755. The predicted octanol–water partition coefficient (Wildman–Crippen LogP) is 8.46. The lowest BCUT2D eigenvalue weighted by molar-refractivity contribution is 0.691. The first-order chi connectivity index (χ1) is 19.8. The number of hydrogen-bond donors (Lipinski definition) is 0. The molecule has 0 nitrogen and oxygen atoms in total. The highest BCUT2D eigenvalue weighted by Crippen LogP contribution is 2.47. The minimum Gasteiger partial charge on any atom is -0.0836 e. The lowest BCUT2D eigenvalue weighted by Gasteiger charge is -2.37. The van der Waals surface area contributed by atoms with Gasteiger partial charge in [-0.2, -0.15) is 0 Å². The molecular weight excluding hydrogens is 480 g/mol. The standard InChI is InChI=1S/C40H32/c1-2-10-27(11-3-1)32-22-23-37-38(26-32)40(34-21-19-29-13-5-7-15-31(29)25-34)36-17-9-8-16-35(36)39(37)33-20-18-28-12-4-6-14-30(28)24-33/h1-4,6-12,14-20,22-25,34,38H,5,13,21,26H2. The summed E-state index contributed by atoms with van der Waals surface area (Å²) < 4.78 is 0. The predicted molar refractivity (Wildman–Crippen MR) is 169 cm³/mol. The first kappa shape index (κ1) is 23.5. The molecule has 4 aromatic rings. The molecule has 0 heterocycles. The monoisotopic (exact) mass is 512 g/mol. The molecule has 0 aliphatic heterocycles. The van der Waals surface area contributed by atoms with Gasteiger partial charge in [-0.3, -0.25) is 0 Å². The van der Waals surface area contributed by atoms with E-state index in [1.165, 1.54) is 66.6 Å². The lowest BCUT2D eigenvalue weighted by Crippen LogP contribution is -2.39. The van der Waals surface area contributed by atoms with Crippen molar-refractivity contribution in [1.29, 1.82) is 0 Å². The fourth-order valence-electron chi connectivity index (χ4n) is 7.38. The molecule has 0 heteroatoms. The lowest BCUT2D eigenvalue weighted by atomic mass is 9.67. The average Bonchev–Trinajstić information content (AvgIpc) is 3.03. The highest BCUT2D eigenvalue weighted by atomic mass is 14.4. The Morgan fingerprint density at radius 3 is 2.35 bits per heavy atom. The Hall–Kier alpha value is -4.42. The molecule has 0 fully saturated rings. The van der Waals surface area contributed by atoms with Crippen molar-refractivity contribution >= 4 is 27.5 Å². The Balaban J connectivity index is 1.40. The summed E-state index contributed by atoms with van der Waals surface area (Å²) in [5, 5.41) is 5.40. The van der Waals surface area contributed by atoms with Gasteiger partial charge in [-0.15, -0.1) is 0 Å². The molecule has 0 radical (unpaired) electrons. The number of hydrogen-bond acceptors (Lipinski definition) is 0. The third-order valence-electron chi connectivity index (χ3n) is 9.26. The molecule has 40 heavy (non-hydrogen) atoms. The van der Waals surface area contributed by atoms with Crippen LogP contribution in [0.2, 0.25) is 0 Å². The Morgan fingerprint density at radius 2 is 1.45 bits per heavy atom. The maximum Gasteiger partial charge on any atom is 0.0110 e. The SMILES string of the molecule is C1=CC2=CC(C3=c4ccccc4=C(c4ccc5ccccc5c4)C4=CC=C(c5ccccc5)CC43)CC=C2CC1. The first-order valence-corrected chi connectivity index (χ1v) is 14.7. The van der Waals surface area contributed by atoms with Crippen LogP contribution >= 0.6 is 0 Å². The molecule has 192 valence electrons. The number of allylic oxidation sites excluding steroid dienone is 10. The Labute approximate surface area is 236 Å². The third kappa shape index (κ3) is 3.90. The van der Waals surface area contributed by atoms with Gasteiger partial charge in [0.15, 0.2) is 0 Å². The summed E-state index contributed by atoms with van der Waals surface area (Å²) >= 11 is 0. The van der Waals surface area contributed by atoms with Crippen molar-refractivity contribution in [1.82, 2.24) is 0 Å². The van der Waals surface area contributed by atoms with Gasteiger partial charge < -0.3 is 0 Å². The van der Waals surface area contributed by atoms with Crippen molar-refractivity contribution in [2.75, 3.05) is 0 Å². The summed E-state index contributed by atoms with van der Waals surface area (Å²) in [6, 6.07) is 35.9. The van der Waals surface area contributed by atoms with Crippen molar-refractivity contribution in [2.45, 2.75) is 25.7 Å². The van der Waals surface area contributed by atoms with Crippen LogP contribution in [-0.4, -0.2) is 0 Å². The normalized spacial score (nSPS) is 21.5. The van der Waals surface area contributed by atoms with Crippen molar-refractivity contribution in [3.8, 4) is 0 Å². The van der Waals surface area contributed by atoms with E-state index < -0.39 is 0 Å². The zero-order valence-electron chi connectivity index (χ0n) is 22.7. The zero-order valence-corrected chi connectivity index (χ0v) is 22.7. The summed E-state index contributed by atoms with van der Waals surface area (Å²) in [5.41, 5.74) is 11.5. The van der Waals surface area contributed by atoms with Crippen LogP contribution in [-0.2, 0) is 0 Å². The second-order valence-electron chi connectivity index (χ2n) is 11.5. The maximum atomic E-state index is 2.58. The van der Waals surface area contributed by atoms with Gasteiger partial charge in [0, 0.05) is 11.8 Å². The van der Waals surface area contributed by atoms with E-state index in [1.807, 2.05) is 0 Å². The molecule has 0 spiro atoms. The molecule has 2 unspecified atom stereocenters. The molecule has 8 rings (SSSR count). The van der Waals surface area contributed by atoms with Crippen molar-refractivity contribution < 1.29 is 0 Å². The summed E-state index contributed by atoms with van der Waals surface area (Å²) in [4.78, 5) is 0. The van der Waals surface area contributed by atoms with Gasteiger partial charge in [0.05, 0.1) is 0 Å². The van der Waals surface area contributed by atoms with Gasteiger partial charge in [-0.25, -0.2) is 0 Å². The van der Waals surface area contributed by atoms with Crippen LogP contribution in [0.1, 0.15) is 36.8 Å². The van der Waals surface area contributed by atoms with E-state index >= 15 is 0 Å². The molecular formula is C40H32. The highest BCUT2D eigenvalue weighted by Gasteiger charge is 2.34. The van der Waals surface area contributed by atoms with Crippen LogP contribution in [0.5, 0.6) is 0 Å². The van der Waals surface area contributed by atoms with Crippen LogP contribution < -0.4 is 10.4 Å². The highest BCUT2D eigenvalue weighted by molar-refractivity contribution is 5.93. The number of rotatable bonds is 3. The molecule has 0 saturated carbocycles. The molecule has 0 amide bonds. The second-order valence-corrected chi connectivity index (χ2v) is 11.5. The van der Waals surface area contributed by atoms with E-state index in [-0.39, 0.29) is 0 Å². The topological polar surface area (TPSA) is 0 Å². The van der Waals surface area contributed by atoms with Crippen molar-refractivity contribution in [3.63, 3.8) is 0 Å². The second kappa shape index (κ2) is 9.65. The Bertz CT molecular complexity index is 1940. The minimum absolute atomic E-state index is 0.348. The maximum absolute atomic E-state index is 2.58. The van der Waals surface area contributed by atoms with Crippen LogP contribution in [0.15, 0.2) is 150 Å².